The van der Waals surface area contributed by atoms with E-state index < -0.39 is 0 Å². The molecule has 0 radical (unpaired) electrons. The molecule has 1 N–H and O–H groups in total. The maximum absolute atomic E-state index is 13.3. The number of para-hydroxylation sites is 1. The lowest BCUT2D eigenvalue weighted by molar-refractivity contribution is -0.137. The van der Waals surface area contributed by atoms with E-state index in [9.17, 15) is 9.59 Å². The summed E-state index contributed by atoms with van der Waals surface area (Å²) in [6, 6.07) is 18.4. The number of methoxy groups -OCH3 is 2. The van der Waals surface area contributed by atoms with E-state index in [4.69, 9.17) is 9.47 Å². The normalized spacial score (nSPS) is 13.7. The number of carbonyl (C=O) groups excluding carboxylic acids is 2. The number of ether oxygens (including phenoxy) is 2. The first-order valence-electron chi connectivity index (χ1n) is 9.29. The van der Waals surface area contributed by atoms with Gasteiger partial charge in [-0.05, 0) is 41.3 Å². The van der Waals surface area contributed by atoms with Crippen LogP contribution in [0, 0.1) is 0 Å². The highest BCUT2D eigenvalue weighted by Gasteiger charge is 2.39. The SMILES string of the molecule is COc1ccc(CN2C(=O)C(Nc3ccccc3)=C(c3cccs3)C2=O)cc1OC. The summed E-state index contributed by atoms with van der Waals surface area (Å²) in [5, 5.41) is 5.03. The van der Waals surface area contributed by atoms with E-state index in [2.05, 4.69) is 5.32 Å². The van der Waals surface area contributed by atoms with Crippen LogP contribution in [-0.4, -0.2) is 30.9 Å². The van der Waals surface area contributed by atoms with Crippen LogP contribution in [0.3, 0.4) is 0 Å². The van der Waals surface area contributed by atoms with Crippen molar-refractivity contribution in [1.29, 1.82) is 0 Å². The molecule has 2 amide bonds. The van der Waals surface area contributed by atoms with Gasteiger partial charge in [0.05, 0.1) is 26.3 Å². The summed E-state index contributed by atoms with van der Waals surface area (Å²) < 4.78 is 10.6. The van der Waals surface area contributed by atoms with Crippen molar-refractivity contribution in [1.82, 2.24) is 4.90 Å². The highest BCUT2D eigenvalue weighted by molar-refractivity contribution is 7.11. The second kappa shape index (κ2) is 8.42. The van der Waals surface area contributed by atoms with Crippen LogP contribution >= 0.6 is 11.3 Å². The van der Waals surface area contributed by atoms with Gasteiger partial charge < -0.3 is 14.8 Å². The zero-order chi connectivity index (χ0) is 21.1. The number of anilines is 1. The molecule has 0 atom stereocenters. The molecular formula is C23H20N2O4S. The first-order valence-corrected chi connectivity index (χ1v) is 10.2. The molecule has 4 rings (SSSR count). The molecule has 6 nitrogen and oxygen atoms in total. The summed E-state index contributed by atoms with van der Waals surface area (Å²) in [5.74, 6) is 0.449. The standard InChI is InChI=1S/C23H20N2O4S/c1-28-17-11-10-15(13-18(17)29-2)14-25-22(26)20(19-9-6-12-30-19)21(23(25)27)24-16-7-4-3-5-8-16/h3-13,24H,14H2,1-2H3. The first-order chi connectivity index (χ1) is 14.6. The van der Waals surface area contributed by atoms with Crippen LogP contribution in [0.1, 0.15) is 10.4 Å². The molecule has 152 valence electrons. The Labute approximate surface area is 178 Å². The van der Waals surface area contributed by atoms with Crippen molar-refractivity contribution in [3.63, 3.8) is 0 Å². The molecule has 2 aromatic carbocycles. The van der Waals surface area contributed by atoms with Crippen molar-refractivity contribution in [2.75, 3.05) is 19.5 Å². The van der Waals surface area contributed by atoms with E-state index in [0.717, 1.165) is 16.1 Å². The van der Waals surface area contributed by atoms with E-state index in [1.54, 1.807) is 26.4 Å². The second-order valence-electron chi connectivity index (χ2n) is 6.60. The number of nitrogens with zero attached hydrogens (tertiary/aromatic N) is 1. The molecule has 0 fully saturated rings. The maximum Gasteiger partial charge on any atom is 0.278 e. The Morgan fingerprint density at radius 1 is 0.900 bits per heavy atom. The Morgan fingerprint density at radius 3 is 2.33 bits per heavy atom. The van der Waals surface area contributed by atoms with Gasteiger partial charge in [-0.3, -0.25) is 14.5 Å². The van der Waals surface area contributed by atoms with Crippen LogP contribution in [0.5, 0.6) is 11.5 Å². The number of rotatable bonds is 7. The lowest BCUT2D eigenvalue weighted by Gasteiger charge is -2.17. The Morgan fingerprint density at radius 2 is 1.67 bits per heavy atom. The highest BCUT2D eigenvalue weighted by Crippen LogP contribution is 2.34. The monoisotopic (exact) mass is 420 g/mol. The third kappa shape index (κ3) is 3.67. The molecular weight excluding hydrogens is 400 g/mol. The van der Waals surface area contributed by atoms with Crippen LogP contribution in [0.25, 0.3) is 5.57 Å². The molecule has 0 saturated heterocycles. The van der Waals surface area contributed by atoms with Gasteiger partial charge in [0.2, 0.25) is 0 Å². The maximum atomic E-state index is 13.3. The molecule has 2 heterocycles. The van der Waals surface area contributed by atoms with E-state index >= 15 is 0 Å². The number of carbonyl (C=O) groups is 2. The molecule has 1 aromatic heterocycles. The van der Waals surface area contributed by atoms with Crippen LogP contribution in [0.2, 0.25) is 0 Å². The summed E-state index contributed by atoms with van der Waals surface area (Å²) in [4.78, 5) is 28.5. The predicted octanol–water partition coefficient (Wildman–Crippen LogP) is 4.16. The summed E-state index contributed by atoms with van der Waals surface area (Å²) in [7, 11) is 3.11. The van der Waals surface area contributed by atoms with E-state index in [0.29, 0.717) is 17.1 Å². The Kier molecular flexibility index (Phi) is 5.54. The number of benzene rings is 2. The van der Waals surface area contributed by atoms with E-state index in [1.165, 1.54) is 16.2 Å². The Hall–Kier alpha value is -3.58. The highest BCUT2D eigenvalue weighted by atomic mass is 32.1. The number of nitrogens with one attached hydrogen (secondary N) is 1. The predicted molar refractivity (Wildman–Crippen MR) is 116 cm³/mol. The summed E-state index contributed by atoms with van der Waals surface area (Å²) in [5.41, 5.74) is 2.19. The van der Waals surface area contributed by atoms with Gasteiger partial charge in [-0.2, -0.15) is 0 Å². The molecule has 30 heavy (non-hydrogen) atoms. The van der Waals surface area contributed by atoms with Crippen LogP contribution < -0.4 is 14.8 Å². The smallest absolute Gasteiger partial charge is 0.278 e. The molecule has 0 aliphatic carbocycles. The summed E-state index contributed by atoms with van der Waals surface area (Å²) >= 11 is 1.43. The molecule has 0 unspecified atom stereocenters. The Balaban J connectivity index is 1.67. The molecule has 0 saturated carbocycles. The largest absolute Gasteiger partial charge is 0.493 e. The lowest BCUT2D eigenvalue weighted by Crippen LogP contribution is -2.32. The first kappa shape index (κ1) is 19.7. The summed E-state index contributed by atoms with van der Waals surface area (Å²) in [6.07, 6.45) is 0. The minimum absolute atomic E-state index is 0.132. The van der Waals surface area contributed by atoms with Gasteiger partial charge in [-0.15, -0.1) is 11.3 Å². The van der Waals surface area contributed by atoms with Gasteiger partial charge >= 0.3 is 0 Å². The van der Waals surface area contributed by atoms with Crippen molar-refractivity contribution in [2.24, 2.45) is 0 Å². The van der Waals surface area contributed by atoms with E-state index in [-0.39, 0.29) is 24.1 Å². The van der Waals surface area contributed by atoms with Crippen molar-refractivity contribution < 1.29 is 19.1 Å². The molecule has 1 aliphatic rings. The Bertz CT molecular complexity index is 1110. The quantitative estimate of drug-likeness (QED) is 0.582. The topological polar surface area (TPSA) is 67.9 Å². The van der Waals surface area contributed by atoms with Crippen LogP contribution in [0.15, 0.2) is 71.7 Å². The summed E-state index contributed by atoms with van der Waals surface area (Å²) in [6.45, 7) is 0.132. The van der Waals surface area contributed by atoms with Crippen molar-refractivity contribution >= 4 is 34.4 Å². The fourth-order valence-electron chi connectivity index (χ4n) is 3.31. The van der Waals surface area contributed by atoms with Gasteiger partial charge in [-0.1, -0.05) is 30.3 Å². The number of amides is 2. The minimum atomic E-state index is -0.359. The fraction of sp³-hybridized carbons (Fsp3) is 0.130. The van der Waals surface area contributed by atoms with Crippen molar-refractivity contribution in [3.8, 4) is 11.5 Å². The molecule has 3 aromatic rings. The number of hydrogen-bond donors (Lipinski definition) is 1. The second-order valence-corrected chi connectivity index (χ2v) is 7.55. The van der Waals surface area contributed by atoms with Crippen molar-refractivity contribution in [3.05, 3.63) is 82.2 Å². The molecule has 0 bridgehead atoms. The zero-order valence-electron chi connectivity index (χ0n) is 16.5. The molecule has 0 spiro atoms. The third-order valence-electron chi connectivity index (χ3n) is 4.77. The minimum Gasteiger partial charge on any atom is -0.493 e. The van der Waals surface area contributed by atoms with Gasteiger partial charge in [-0.25, -0.2) is 0 Å². The average Bonchev–Trinajstić information content (AvgIpc) is 3.37. The average molecular weight is 420 g/mol. The van der Waals surface area contributed by atoms with Gasteiger partial charge in [0.1, 0.15) is 5.70 Å². The van der Waals surface area contributed by atoms with Gasteiger partial charge in [0.25, 0.3) is 11.8 Å². The third-order valence-corrected chi connectivity index (χ3v) is 5.65. The molecule has 7 heteroatoms. The fourth-order valence-corrected chi connectivity index (χ4v) is 4.08. The van der Waals surface area contributed by atoms with Gasteiger partial charge in [0, 0.05) is 10.6 Å². The zero-order valence-corrected chi connectivity index (χ0v) is 17.4. The number of hydrogen-bond acceptors (Lipinski definition) is 6. The van der Waals surface area contributed by atoms with Crippen LogP contribution in [0.4, 0.5) is 5.69 Å². The van der Waals surface area contributed by atoms with E-state index in [1.807, 2.05) is 53.9 Å². The van der Waals surface area contributed by atoms with Crippen LogP contribution in [-0.2, 0) is 16.1 Å². The van der Waals surface area contributed by atoms with Gasteiger partial charge in [0.15, 0.2) is 11.5 Å². The lowest BCUT2D eigenvalue weighted by atomic mass is 10.1. The number of thiophene rings is 1. The van der Waals surface area contributed by atoms with Crippen molar-refractivity contribution in [2.45, 2.75) is 6.54 Å². The molecule has 1 aliphatic heterocycles. The number of imide groups is 1.